The highest BCUT2D eigenvalue weighted by atomic mass is 32.2. The second-order valence-electron chi connectivity index (χ2n) is 5.15. The van der Waals surface area contributed by atoms with Crippen LogP contribution in [0.4, 0.5) is 5.69 Å². The number of nitrogens with zero attached hydrogens (tertiary/aromatic N) is 1. The molecule has 0 aromatic heterocycles. The summed E-state index contributed by atoms with van der Waals surface area (Å²) in [6.45, 7) is 5.68. The minimum Gasteiger partial charge on any atom is -0.339 e. The number of fused-ring (bicyclic) bond motifs is 1. The fraction of sp³-hybridized carbons (Fsp3) is 0.500. The Labute approximate surface area is 130 Å². The Hall–Kier alpha value is -1.49. The summed E-state index contributed by atoms with van der Waals surface area (Å²) < 4.78 is 0. The zero-order valence-electron chi connectivity index (χ0n) is 12.6. The lowest BCUT2D eigenvalue weighted by Crippen LogP contribution is -2.32. The molecule has 0 radical (unpaired) electrons. The number of carbonyl (C=O) groups excluding carboxylic acids is 2. The molecular weight excluding hydrogens is 284 g/mol. The molecule has 1 N–H and O–H groups in total. The van der Waals surface area contributed by atoms with Crippen LogP contribution in [-0.4, -0.2) is 35.6 Å². The number of nitrogens with one attached hydrogen (secondary N) is 1. The molecule has 1 aliphatic rings. The van der Waals surface area contributed by atoms with Gasteiger partial charge in [0.15, 0.2) is 0 Å². The number of thioether (sulfide) groups is 1. The van der Waals surface area contributed by atoms with Crippen molar-refractivity contribution in [1.82, 2.24) is 4.90 Å². The highest BCUT2D eigenvalue weighted by Crippen LogP contribution is 2.31. The van der Waals surface area contributed by atoms with Crippen LogP contribution in [0.5, 0.6) is 0 Å². The third kappa shape index (κ3) is 4.00. The zero-order valence-corrected chi connectivity index (χ0v) is 13.5. The summed E-state index contributed by atoms with van der Waals surface area (Å²) in [5, 5.41) is 2.89. The van der Waals surface area contributed by atoms with Gasteiger partial charge in [0.05, 0.1) is 5.69 Å². The number of rotatable bonds is 5. The number of amides is 2. The molecule has 1 aromatic carbocycles. The monoisotopic (exact) mass is 306 g/mol. The summed E-state index contributed by atoms with van der Waals surface area (Å²) in [5.74, 6) is 0.846. The van der Waals surface area contributed by atoms with E-state index in [0.717, 1.165) is 42.3 Å². The average molecular weight is 306 g/mol. The Kier molecular flexibility index (Phi) is 5.67. The van der Waals surface area contributed by atoms with Crippen molar-refractivity contribution in [2.45, 2.75) is 38.0 Å². The molecular formula is C16H22N2O2S. The van der Waals surface area contributed by atoms with Gasteiger partial charge in [-0.25, -0.2) is 0 Å². The van der Waals surface area contributed by atoms with E-state index >= 15 is 0 Å². The lowest BCUT2D eigenvalue weighted by Gasteiger charge is -2.22. The molecule has 0 aliphatic carbocycles. The number of benzene rings is 1. The van der Waals surface area contributed by atoms with Crippen molar-refractivity contribution < 1.29 is 9.59 Å². The van der Waals surface area contributed by atoms with Crippen molar-refractivity contribution in [2.24, 2.45) is 0 Å². The molecule has 0 spiro atoms. The van der Waals surface area contributed by atoms with Crippen molar-refractivity contribution in [1.29, 1.82) is 0 Å². The van der Waals surface area contributed by atoms with Gasteiger partial charge in [0, 0.05) is 35.7 Å². The first kappa shape index (κ1) is 15.9. The van der Waals surface area contributed by atoms with E-state index < -0.39 is 0 Å². The van der Waals surface area contributed by atoms with Gasteiger partial charge in [-0.15, -0.1) is 11.8 Å². The molecule has 0 saturated heterocycles. The van der Waals surface area contributed by atoms with Gasteiger partial charge in [-0.05, 0) is 31.0 Å². The standard InChI is InChI=1S/C16H22N2O2S/c1-3-8-18(9-4-2)16(20)12-5-6-14-13(11-12)17-15(19)7-10-21-14/h5-6,11H,3-4,7-10H2,1-2H3,(H,17,19). The van der Waals surface area contributed by atoms with Crippen LogP contribution in [0.3, 0.4) is 0 Å². The summed E-state index contributed by atoms with van der Waals surface area (Å²) >= 11 is 1.65. The number of hydrogen-bond acceptors (Lipinski definition) is 3. The zero-order chi connectivity index (χ0) is 15.2. The molecule has 1 heterocycles. The van der Waals surface area contributed by atoms with E-state index in [0.29, 0.717) is 12.0 Å². The molecule has 2 rings (SSSR count). The Morgan fingerprint density at radius 1 is 1.29 bits per heavy atom. The van der Waals surface area contributed by atoms with Gasteiger partial charge in [-0.2, -0.15) is 0 Å². The van der Waals surface area contributed by atoms with Crippen LogP contribution in [-0.2, 0) is 4.79 Å². The molecule has 0 atom stereocenters. The van der Waals surface area contributed by atoms with Crippen LogP contribution >= 0.6 is 11.8 Å². The van der Waals surface area contributed by atoms with Crippen LogP contribution in [0.2, 0.25) is 0 Å². The number of carbonyl (C=O) groups is 2. The molecule has 114 valence electrons. The molecule has 0 saturated carbocycles. The van der Waals surface area contributed by atoms with Crippen LogP contribution in [0.25, 0.3) is 0 Å². The van der Waals surface area contributed by atoms with Gasteiger partial charge in [0.25, 0.3) is 5.91 Å². The lowest BCUT2D eigenvalue weighted by molar-refractivity contribution is -0.115. The van der Waals surface area contributed by atoms with Crippen LogP contribution < -0.4 is 5.32 Å². The quantitative estimate of drug-likeness (QED) is 0.907. The van der Waals surface area contributed by atoms with Gasteiger partial charge in [-0.1, -0.05) is 13.8 Å². The molecule has 1 aromatic rings. The number of hydrogen-bond donors (Lipinski definition) is 1. The SMILES string of the molecule is CCCN(CCC)C(=O)c1ccc2c(c1)NC(=O)CCS2. The topological polar surface area (TPSA) is 49.4 Å². The predicted molar refractivity (Wildman–Crippen MR) is 86.9 cm³/mol. The smallest absolute Gasteiger partial charge is 0.253 e. The second kappa shape index (κ2) is 7.50. The van der Waals surface area contributed by atoms with E-state index in [9.17, 15) is 9.59 Å². The molecule has 5 heteroatoms. The van der Waals surface area contributed by atoms with Crippen molar-refractivity contribution >= 4 is 29.3 Å². The van der Waals surface area contributed by atoms with E-state index in [4.69, 9.17) is 0 Å². The molecule has 1 aliphatic heterocycles. The van der Waals surface area contributed by atoms with E-state index in [2.05, 4.69) is 19.2 Å². The molecule has 21 heavy (non-hydrogen) atoms. The third-order valence-corrected chi connectivity index (χ3v) is 4.44. The van der Waals surface area contributed by atoms with Crippen molar-refractivity contribution in [2.75, 3.05) is 24.2 Å². The first-order chi connectivity index (χ1) is 10.2. The first-order valence-electron chi connectivity index (χ1n) is 7.51. The molecule has 2 amide bonds. The molecule has 0 unspecified atom stereocenters. The first-order valence-corrected chi connectivity index (χ1v) is 8.50. The second-order valence-corrected chi connectivity index (χ2v) is 6.29. The summed E-state index contributed by atoms with van der Waals surface area (Å²) in [7, 11) is 0. The van der Waals surface area contributed by atoms with E-state index in [1.165, 1.54) is 0 Å². The molecule has 0 bridgehead atoms. The highest BCUT2D eigenvalue weighted by molar-refractivity contribution is 7.99. The summed E-state index contributed by atoms with van der Waals surface area (Å²) in [6, 6.07) is 5.62. The largest absolute Gasteiger partial charge is 0.339 e. The highest BCUT2D eigenvalue weighted by Gasteiger charge is 2.18. The van der Waals surface area contributed by atoms with Gasteiger partial charge in [0.1, 0.15) is 0 Å². The fourth-order valence-electron chi connectivity index (χ4n) is 2.39. The average Bonchev–Trinajstić information content (AvgIpc) is 2.66. The van der Waals surface area contributed by atoms with Gasteiger partial charge < -0.3 is 10.2 Å². The Balaban J connectivity index is 2.23. The molecule has 4 nitrogen and oxygen atoms in total. The maximum atomic E-state index is 12.6. The third-order valence-electron chi connectivity index (χ3n) is 3.36. The molecule has 0 fully saturated rings. The summed E-state index contributed by atoms with van der Waals surface area (Å²) in [5.41, 5.74) is 1.42. The Morgan fingerprint density at radius 2 is 2.00 bits per heavy atom. The van der Waals surface area contributed by atoms with Crippen molar-refractivity contribution in [3.8, 4) is 0 Å². The number of anilines is 1. The maximum Gasteiger partial charge on any atom is 0.253 e. The lowest BCUT2D eigenvalue weighted by atomic mass is 10.1. The Morgan fingerprint density at radius 3 is 2.67 bits per heavy atom. The van der Waals surface area contributed by atoms with Crippen LogP contribution in [0, 0.1) is 0 Å². The maximum absolute atomic E-state index is 12.6. The minimum absolute atomic E-state index is 0.0184. The van der Waals surface area contributed by atoms with E-state index in [-0.39, 0.29) is 11.8 Å². The van der Waals surface area contributed by atoms with Gasteiger partial charge in [-0.3, -0.25) is 9.59 Å². The summed E-state index contributed by atoms with van der Waals surface area (Å²) in [6.07, 6.45) is 2.41. The summed E-state index contributed by atoms with van der Waals surface area (Å²) in [4.78, 5) is 27.1. The van der Waals surface area contributed by atoms with Crippen LogP contribution in [0.15, 0.2) is 23.1 Å². The minimum atomic E-state index is 0.0184. The normalized spacial score (nSPS) is 14.1. The van der Waals surface area contributed by atoms with Crippen molar-refractivity contribution in [3.05, 3.63) is 23.8 Å². The van der Waals surface area contributed by atoms with E-state index in [1.807, 2.05) is 23.1 Å². The van der Waals surface area contributed by atoms with Crippen molar-refractivity contribution in [3.63, 3.8) is 0 Å². The Bertz CT molecular complexity index is 525. The van der Waals surface area contributed by atoms with Gasteiger partial charge in [0.2, 0.25) is 5.91 Å². The predicted octanol–water partition coefficient (Wildman–Crippen LogP) is 3.38. The fourth-order valence-corrected chi connectivity index (χ4v) is 3.33. The van der Waals surface area contributed by atoms with E-state index in [1.54, 1.807) is 11.8 Å². The van der Waals surface area contributed by atoms with Crippen LogP contribution in [0.1, 0.15) is 43.5 Å². The van der Waals surface area contributed by atoms with Gasteiger partial charge >= 0.3 is 0 Å².